The van der Waals surface area contributed by atoms with Crippen molar-refractivity contribution in [1.82, 2.24) is 0 Å². The molecule has 0 aromatic rings. The number of rotatable bonds is 6. The second-order valence-corrected chi connectivity index (χ2v) is 4.53. The first kappa shape index (κ1) is 10.4. The van der Waals surface area contributed by atoms with Crippen molar-refractivity contribution in [1.29, 1.82) is 0 Å². The van der Waals surface area contributed by atoms with Crippen LogP contribution < -0.4 is 0 Å². The molecule has 0 aromatic heterocycles. The van der Waals surface area contributed by atoms with Gasteiger partial charge in [0.2, 0.25) is 0 Å². The first-order chi connectivity index (χ1) is 5.74. The van der Waals surface area contributed by atoms with Crippen LogP contribution in [0, 0.1) is 17.8 Å². The average Bonchev–Trinajstić information content (AvgIpc) is 2.80. The van der Waals surface area contributed by atoms with Crippen LogP contribution in [0.1, 0.15) is 26.7 Å². The summed E-state index contributed by atoms with van der Waals surface area (Å²) in [5, 5.41) is 0. The van der Waals surface area contributed by atoms with Gasteiger partial charge in [-0.15, -0.1) is 0 Å². The number of thiol groups is 1. The maximum Gasteiger partial charge on any atom is 0.0504 e. The third kappa shape index (κ3) is 3.81. The molecule has 2 heteroatoms. The highest BCUT2D eigenvalue weighted by Crippen LogP contribution is 2.29. The molecule has 1 fully saturated rings. The number of hydrogen-bond donors (Lipinski definition) is 1. The Morgan fingerprint density at radius 3 is 2.50 bits per heavy atom. The second kappa shape index (κ2) is 5.13. The van der Waals surface area contributed by atoms with Gasteiger partial charge in [0.15, 0.2) is 0 Å². The maximum absolute atomic E-state index is 5.62. The van der Waals surface area contributed by atoms with Crippen LogP contribution >= 0.6 is 12.6 Å². The molecule has 0 heterocycles. The molecular weight excluding hydrogens is 168 g/mol. The first-order valence-corrected chi connectivity index (χ1v) is 5.56. The van der Waals surface area contributed by atoms with Crippen LogP contribution in [-0.4, -0.2) is 19.0 Å². The molecule has 1 saturated carbocycles. The lowest BCUT2D eigenvalue weighted by molar-refractivity contribution is 0.0840. The van der Waals surface area contributed by atoms with Crippen molar-refractivity contribution in [3.05, 3.63) is 0 Å². The molecular formula is C10H20OS. The summed E-state index contributed by atoms with van der Waals surface area (Å²) in [7, 11) is 0. The van der Waals surface area contributed by atoms with Gasteiger partial charge in [0.25, 0.3) is 0 Å². The van der Waals surface area contributed by atoms with Crippen molar-refractivity contribution in [3.8, 4) is 0 Å². The molecule has 1 aliphatic carbocycles. The molecule has 1 rings (SSSR count). The minimum absolute atomic E-state index is 0.632. The Kier molecular flexibility index (Phi) is 4.44. The van der Waals surface area contributed by atoms with E-state index in [-0.39, 0.29) is 0 Å². The fourth-order valence-electron chi connectivity index (χ4n) is 1.13. The van der Waals surface area contributed by atoms with Crippen molar-refractivity contribution in [3.63, 3.8) is 0 Å². The highest BCUT2D eigenvalue weighted by Gasteiger charge is 2.22. The Morgan fingerprint density at radius 2 is 2.08 bits per heavy atom. The Hall–Kier alpha value is 0.310. The summed E-state index contributed by atoms with van der Waals surface area (Å²) in [5.41, 5.74) is 0. The molecule has 1 aliphatic rings. The van der Waals surface area contributed by atoms with E-state index in [1.807, 2.05) is 0 Å². The lowest BCUT2D eigenvalue weighted by Crippen LogP contribution is -2.18. The van der Waals surface area contributed by atoms with Gasteiger partial charge in [-0.05, 0) is 36.3 Å². The van der Waals surface area contributed by atoms with Gasteiger partial charge in [-0.3, -0.25) is 0 Å². The lowest BCUT2D eigenvalue weighted by Gasteiger charge is -2.18. The smallest absolute Gasteiger partial charge is 0.0504 e. The van der Waals surface area contributed by atoms with Crippen LogP contribution in [0.5, 0.6) is 0 Å². The van der Waals surface area contributed by atoms with E-state index < -0.39 is 0 Å². The summed E-state index contributed by atoms with van der Waals surface area (Å²) in [5.74, 6) is 3.16. The molecule has 0 saturated heterocycles. The molecule has 1 unspecified atom stereocenters. The number of hydrogen-bond acceptors (Lipinski definition) is 2. The van der Waals surface area contributed by atoms with Gasteiger partial charge in [0.1, 0.15) is 0 Å². The molecule has 0 aromatic carbocycles. The third-order valence-corrected chi connectivity index (χ3v) is 3.03. The fraction of sp³-hybridized carbons (Fsp3) is 1.00. The van der Waals surface area contributed by atoms with Crippen molar-refractivity contribution < 1.29 is 4.74 Å². The quantitative estimate of drug-likeness (QED) is 0.630. The molecule has 0 amide bonds. The zero-order chi connectivity index (χ0) is 8.97. The van der Waals surface area contributed by atoms with E-state index in [1.165, 1.54) is 12.8 Å². The molecule has 12 heavy (non-hydrogen) atoms. The standard InChI is InChI=1S/C10H20OS/c1-8(2)10(7-12)6-11-5-9-3-4-9/h8-10,12H,3-7H2,1-2H3. The van der Waals surface area contributed by atoms with Crippen molar-refractivity contribution >= 4 is 12.6 Å². The topological polar surface area (TPSA) is 9.23 Å². The van der Waals surface area contributed by atoms with Gasteiger partial charge in [0, 0.05) is 6.61 Å². The van der Waals surface area contributed by atoms with Crippen LogP contribution in [0.2, 0.25) is 0 Å². The Labute approximate surface area is 81.3 Å². The molecule has 1 nitrogen and oxygen atoms in total. The summed E-state index contributed by atoms with van der Waals surface area (Å²) >= 11 is 4.32. The SMILES string of the molecule is CC(C)C(CS)COCC1CC1. The molecule has 0 radical (unpaired) electrons. The Morgan fingerprint density at radius 1 is 1.42 bits per heavy atom. The van der Waals surface area contributed by atoms with E-state index in [9.17, 15) is 0 Å². The Bertz CT molecular complexity index is 121. The van der Waals surface area contributed by atoms with E-state index in [0.717, 1.165) is 24.9 Å². The summed E-state index contributed by atoms with van der Waals surface area (Å²) in [6.45, 7) is 6.36. The van der Waals surface area contributed by atoms with Gasteiger partial charge in [-0.25, -0.2) is 0 Å². The van der Waals surface area contributed by atoms with Gasteiger partial charge in [0.05, 0.1) is 6.61 Å². The van der Waals surface area contributed by atoms with Crippen molar-refractivity contribution in [2.45, 2.75) is 26.7 Å². The van der Waals surface area contributed by atoms with Crippen LogP contribution in [0.3, 0.4) is 0 Å². The Balaban J connectivity index is 2.01. The van der Waals surface area contributed by atoms with E-state index in [1.54, 1.807) is 0 Å². The second-order valence-electron chi connectivity index (χ2n) is 4.17. The fourth-order valence-corrected chi connectivity index (χ4v) is 1.65. The van der Waals surface area contributed by atoms with E-state index in [0.29, 0.717) is 11.8 Å². The van der Waals surface area contributed by atoms with Gasteiger partial charge >= 0.3 is 0 Å². The predicted octanol–water partition coefficient (Wildman–Crippen LogP) is 2.62. The minimum Gasteiger partial charge on any atom is -0.381 e. The van der Waals surface area contributed by atoms with Crippen LogP contribution in [0.4, 0.5) is 0 Å². The summed E-state index contributed by atoms with van der Waals surface area (Å²) in [6.07, 6.45) is 2.76. The van der Waals surface area contributed by atoms with E-state index in [4.69, 9.17) is 4.74 Å². The minimum atomic E-state index is 0.632. The molecule has 0 aliphatic heterocycles. The van der Waals surface area contributed by atoms with Crippen LogP contribution in [-0.2, 0) is 4.74 Å². The van der Waals surface area contributed by atoms with Crippen molar-refractivity contribution in [2.24, 2.45) is 17.8 Å². The number of ether oxygens (including phenoxy) is 1. The largest absolute Gasteiger partial charge is 0.381 e. The zero-order valence-corrected chi connectivity index (χ0v) is 9.02. The monoisotopic (exact) mass is 188 g/mol. The lowest BCUT2D eigenvalue weighted by atomic mass is 9.99. The predicted molar refractivity (Wildman–Crippen MR) is 55.7 cm³/mol. The average molecular weight is 188 g/mol. The maximum atomic E-state index is 5.62. The zero-order valence-electron chi connectivity index (χ0n) is 8.12. The van der Waals surface area contributed by atoms with Gasteiger partial charge in [-0.1, -0.05) is 13.8 Å². The van der Waals surface area contributed by atoms with E-state index >= 15 is 0 Å². The van der Waals surface area contributed by atoms with Crippen LogP contribution in [0.15, 0.2) is 0 Å². The molecule has 0 N–H and O–H groups in total. The normalized spacial score (nSPS) is 20.0. The summed E-state index contributed by atoms with van der Waals surface area (Å²) in [4.78, 5) is 0. The molecule has 0 bridgehead atoms. The summed E-state index contributed by atoms with van der Waals surface area (Å²) in [6, 6.07) is 0. The third-order valence-electron chi connectivity index (χ3n) is 2.56. The summed E-state index contributed by atoms with van der Waals surface area (Å²) < 4.78 is 5.62. The van der Waals surface area contributed by atoms with Crippen LogP contribution in [0.25, 0.3) is 0 Å². The highest BCUT2D eigenvalue weighted by atomic mass is 32.1. The van der Waals surface area contributed by atoms with Crippen molar-refractivity contribution in [2.75, 3.05) is 19.0 Å². The first-order valence-electron chi connectivity index (χ1n) is 4.92. The molecule has 72 valence electrons. The molecule has 1 atom stereocenters. The highest BCUT2D eigenvalue weighted by molar-refractivity contribution is 7.80. The van der Waals surface area contributed by atoms with Gasteiger partial charge < -0.3 is 4.74 Å². The van der Waals surface area contributed by atoms with E-state index in [2.05, 4.69) is 26.5 Å². The van der Waals surface area contributed by atoms with Gasteiger partial charge in [-0.2, -0.15) is 12.6 Å². The molecule has 0 spiro atoms.